The number of nitrogens with zero attached hydrogens (tertiary/aromatic N) is 2. The number of hydrogen-bond donors (Lipinski definition) is 1. The van der Waals surface area contributed by atoms with Crippen molar-refractivity contribution in [3.05, 3.63) is 46.5 Å². The number of rotatable bonds is 3. The van der Waals surface area contributed by atoms with Crippen LogP contribution in [0.25, 0.3) is 5.69 Å². The molecule has 0 aliphatic rings. The van der Waals surface area contributed by atoms with E-state index < -0.39 is 0 Å². The molecule has 16 heavy (non-hydrogen) atoms. The van der Waals surface area contributed by atoms with Crippen molar-refractivity contribution in [1.82, 2.24) is 14.9 Å². The third kappa shape index (κ3) is 2.18. The molecule has 1 aromatic heterocycles. The summed E-state index contributed by atoms with van der Waals surface area (Å²) < 4.78 is 3.19. The van der Waals surface area contributed by atoms with Crippen LogP contribution in [-0.4, -0.2) is 16.6 Å². The van der Waals surface area contributed by atoms with E-state index in [9.17, 15) is 0 Å². The zero-order valence-corrected chi connectivity index (χ0v) is 11.0. The summed E-state index contributed by atoms with van der Waals surface area (Å²) in [5, 5.41) is 3.18. The van der Waals surface area contributed by atoms with Gasteiger partial charge in [0.1, 0.15) is 5.82 Å². The Morgan fingerprint density at radius 2 is 2.25 bits per heavy atom. The first-order valence-corrected chi connectivity index (χ1v) is 5.95. The van der Waals surface area contributed by atoms with Crippen LogP contribution >= 0.6 is 15.9 Å². The predicted molar refractivity (Wildman–Crippen MR) is 68.8 cm³/mol. The average molecular weight is 280 g/mol. The minimum Gasteiger partial charge on any atom is -0.316 e. The van der Waals surface area contributed by atoms with Gasteiger partial charge >= 0.3 is 0 Å². The molecule has 84 valence electrons. The summed E-state index contributed by atoms with van der Waals surface area (Å²) in [4.78, 5) is 4.25. The number of aromatic nitrogens is 2. The molecular weight excluding hydrogens is 266 g/mol. The highest BCUT2D eigenvalue weighted by Gasteiger charge is 2.06. The Morgan fingerprint density at radius 3 is 2.88 bits per heavy atom. The second-order valence-corrected chi connectivity index (χ2v) is 4.56. The Morgan fingerprint density at radius 1 is 1.44 bits per heavy atom. The third-order valence-corrected chi connectivity index (χ3v) is 2.99. The quantitative estimate of drug-likeness (QED) is 0.936. The summed E-state index contributed by atoms with van der Waals surface area (Å²) in [5.41, 5.74) is 2.42. The molecule has 0 aliphatic carbocycles. The number of benzene rings is 1. The first kappa shape index (κ1) is 11.4. The summed E-state index contributed by atoms with van der Waals surface area (Å²) in [7, 11) is 1.95. The minimum atomic E-state index is 0.840. The van der Waals surface area contributed by atoms with Crippen molar-refractivity contribution in [2.75, 3.05) is 7.05 Å². The Balaban J connectivity index is 2.51. The molecule has 4 heteroatoms. The highest BCUT2D eigenvalue weighted by atomic mass is 79.9. The molecule has 0 unspecified atom stereocenters. The van der Waals surface area contributed by atoms with Gasteiger partial charge in [0.15, 0.2) is 0 Å². The van der Waals surface area contributed by atoms with Crippen LogP contribution in [0.2, 0.25) is 0 Å². The van der Waals surface area contributed by atoms with Crippen LogP contribution in [0.4, 0.5) is 0 Å². The molecular formula is C12H14BrN3. The SMILES string of the molecule is CNCc1cc(Br)ccc1-n1ccnc1C. The highest BCUT2D eigenvalue weighted by molar-refractivity contribution is 9.10. The maximum atomic E-state index is 4.25. The Bertz CT molecular complexity index is 491. The predicted octanol–water partition coefficient (Wildman–Crippen LogP) is 2.66. The van der Waals surface area contributed by atoms with Crippen molar-refractivity contribution in [2.24, 2.45) is 0 Å². The maximum Gasteiger partial charge on any atom is 0.110 e. The topological polar surface area (TPSA) is 29.9 Å². The molecule has 0 saturated carbocycles. The van der Waals surface area contributed by atoms with Crippen LogP contribution in [0.15, 0.2) is 35.1 Å². The van der Waals surface area contributed by atoms with Gasteiger partial charge in [-0.1, -0.05) is 15.9 Å². The summed E-state index contributed by atoms with van der Waals surface area (Å²) in [6.07, 6.45) is 3.80. The van der Waals surface area contributed by atoms with Crippen molar-refractivity contribution in [2.45, 2.75) is 13.5 Å². The largest absolute Gasteiger partial charge is 0.316 e. The molecule has 0 aliphatic heterocycles. The lowest BCUT2D eigenvalue weighted by molar-refractivity contribution is 0.803. The van der Waals surface area contributed by atoms with Crippen LogP contribution in [0.5, 0.6) is 0 Å². The van der Waals surface area contributed by atoms with Gasteiger partial charge in [0.2, 0.25) is 0 Å². The lowest BCUT2D eigenvalue weighted by Gasteiger charge is -2.12. The molecule has 1 heterocycles. The summed E-state index contributed by atoms with van der Waals surface area (Å²) in [5.74, 6) is 1.000. The van der Waals surface area contributed by atoms with Gasteiger partial charge in [0, 0.05) is 23.4 Å². The number of aryl methyl sites for hydroxylation is 1. The molecule has 1 aromatic carbocycles. The van der Waals surface area contributed by atoms with Crippen molar-refractivity contribution >= 4 is 15.9 Å². The number of imidazole rings is 1. The number of halogens is 1. The van der Waals surface area contributed by atoms with E-state index in [4.69, 9.17) is 0 Å². The van der Waals surface area contributed by atoms with Gasteiger partial charge in [0.05, 0.1) is 5.69 Å². The fourth-order valence-corrected chi connectivity index (χ4v) is 2.16. The lowest BCUT2D eigenvalue weighted by atomic mass is 10.1. The molecule has 0 radical (unpaired) electrons. The number of hydrogen-bond acceptors (Lipinski definition) is 2. The van der Waals surface area contributed by atoms with Gasteiger partial charge in [0.25, 0.3) is 0 Å². The monoisotopic (exact) mass is 279 g/mol. The van der Waals surface area contributed by atoms with Gasteiger partial charge in [-0.3, -0.25) is 0 Å². The molecule has 0 amide bonds. The normalized spacial score (nSPS) is 10.7. The lowest BCUT2D eigenvalue weighted by Crippen LogP contribution is -2.09. The van der Waals surface area contributed by atoms with E-state index in [2.05, 4.69) is 42.9 Å². The van der Waals surface area contributed by atoms with E-state index >= 15 is 0 Å². The molecule has 2 aromatic rings. The maximum absolute atomic E-state index is 4.25. The Kier molecular flexibility index (Phi) is 3.41. The first-order valence-electron chi connectivity index (χ1n) is 5.15. The molecule has 0 spiro atoms. The van der Waals surface area contributed by atoms with E-state index in [-0.39, 0.29) is 0 Å². The average Bonchev–Trinajstić information content (AvgIpc) is 2.65. The van der Waals surface area contributed by atoms with Crippen LogP contribution < -0.4 is 5.32 Å². The third-order valence-electron chi connectivity index (χ3n) is 2.49. The number of nitrogens with one attached hydrogen (secondary N) is 1. The van der Waals surface area contributed by atoms with Crippen molar-refractivity contribution < 1.29 is 0 Å². The van der Waals surface area contributed by atoms with Crippen molar-refractivity contribution in [3.8, 4) is 5.69 Å². The summed E-state index contributed by atoms with van der Waals surface area (Å²) in [6, 6.07) is 6.28. The minimum absolute atomic E-state index is 0.840. The van der Waals surface area contributed by atoms with Gasteiger partial charge in [-0.05, 0) is 37.7 Å². The van der Waals surface area contributed by atoms with Gasteiger partial charge in [-0.15, -0.1) is 0 Å². The van der Waals surface area contributed by atoms with Crippen LogP contribution in [0.1, 0.15) is 11.4 Å². The first-order chi connectivity index (χ1) is 7.72. The zero-order chi connectivity index (χ0) is 11.5. The van der Waals surface area contributed by atoms with Gasteiger partial charge in [-0.2, -0.15) is 0 Å². The second-order valence-electron chi connectivity index (χ2n) is 3.65. The smallest absolute Gasteiger partial charge is 0.110 e. The van der Waals surface area contributed by atoms with Gasteiger partial charge < -0.3 is 9.88 Å². The van der Waals surface area contributed by atoms with E-state index in [0.29, 0.717) is 0 Å². The fraction of sp³-hybridized carbons (Fsp3) is 0.250. The fourth-order valence-electron chi connectivity index (χ4n) is 1.75. The second kappa shape index (κ2) is 4.80. The molecule has 0 fully saturated rings. The zero-order valence-electron chi connectivity index (χ0n) is 9.37. The van der Waals surface area contributed by atoms with E-state index in [1.807, 2.05) is 32.4 Å². The van der Waals surface area contributed by atoms with Crippen LogP contribution in [0.3, 0.4) is 0 Å². The molecule has 0 bridgehead atoms. The molecule has 3 nitrogen and oxygen atoms in total. The molecule has 2 rings (SSSR count). The summed E-state index contributed by atoms with van der Waals surface area (Å²) in [6.45, 7) is 2.84. The van der Waals surface area contributed by atoms with Crippen molar-refractivity contribution in [3.63, 3.8) is 0 Å². The van der Waals surface area contributed by atoms with Crippen LogP contribution in [0, 0.1) is 6.92 Å². The molecule has 0 saturated heterocycles. The van der Waals surface area contributed by atoms with Crippen LogP contribution in [-0.2, 0) is 6.54 Å². The summed E-state index contributed by atoms with van der Waals surface area (Å²) >= 11 is 3.50. The van der Waals surface area contributed by atoms with Crippen molar-refractivity contribution in [1.29, 1.82) is 0 Å². The highest BCUT2D eigenvalue weighted by Crippen LogP contribution is 2.21. The molecule has 1 N–H and O–H groups in total. The van der Waals surface area contributed by atoms with Gasteiger partial charge in [-0.25, -0.2) is 4.98 Å². The Hall–Kier alpha value is -1.13. The van der Waals surface area contributed by atoms with E-state index in [0.717, 1.165) is 16.8 Å². The Labute approximate surface area is 104 Å². The van der Waals surface area contributed by atoms with E-state index in [1.165, 1.54) is 11.3 Å². The molecule has 0 atom stereocenters. The standard InChI is InChI=1S/C12H14BrN3/c1-9-15-5-6-16(9)12-4-3-11(13)7-10(12)8-14-2/h3-7,14H,8H2,1-2H3. The van der Waals surface area contributed by atoms with E-state index in [1.54, 1.807) is 0 Å².